The summed E-state index contributed by atoms with van der Waals surface area (Å²) < 4.78 is 1.76. The maximum absolute atomic E-state index is 12.5. The standard InChI is InChI=1S/C21H27N5O/c27-20-13-15-5-2-6-18(15)25-26(20)17-9-7-16(8-10-17)23-19-11-12-22-21(24-19)14-3-1-4-14/h11-14,16-17H,1-10H2,(H,22,23,24). The van der Waals surface area contributed by atoms with Gasteiger partial charge < -0.3 is 5.32 Å². The van der Waals surface area contributed by atoms with Crippen molar-refractivity contribution in [3.05, 3.63) is 45.8 Å². The molecule has 142 valence electrons. The van der Waals surface area contributed by atoms with Crippen LogP contribution < -0.4 is 10.9 Å². The van der Waals surface area contributed by atoms with Gasteiger partial charge in [0.25, 0.3) is 5.56 Å². The van der Waals surface area contributed by atoms with Crippen molar-refractivity contribution in [2.24, 2.45) is 0 Å². The van der Waals surface area contributed by atoms with E-state index in [9.17, 15) is 4.79 Å². The first-order chi connectivity index (χ1) is 13.3. The van der Waals surface area contributed by atoms with Crippen LogP contribution in [0.5, 0.6) is 0 Å². The highest BCUT2D eigenvalue weighted by Crippen LogP contribution is 2.35. The van der Waals surface area contributed by atoms with Crippen molar-refractivity contribution < 1.29 is 0 Å². The zero-order chi connectivity index (χ0) is 18.2. The first kappa shape index (κ1) is 16.9. The van der Waals surface area contributed by atoms with E-state index in [1.807, 2.05) is 18.3 Å². The van der Waals surface area contributed by atoms with Crippen molar-refractivity contribution in [1.82, 2.24) is 19.7 Å². The summed E-state index contributed by atoms with van der Waals surface area (Å²) in [5.74, 6) is 2.50. The Bertz CT molecular complexity index is 880. The lowest BCUT2D eigenvalue weighted by Gasteiger charge is -2.30. The van der Waals surface area contributed by atoms with Crippen LogP contribution >= 0.6 is 0 Å². The van der Waals surface area contributed by atoms with Crippen LogP contribution in [0.3, 0.4) is 0 Å². The number of aryl methyl sites for hydroxylation is 2. The molecule has 0 amide bonds. The quantitative estimate of drug-likeness (QED) is 0.899. The van der Waals surface area contributed by atoms with Gasteiger partial charge in [-0.25, -0.2) is 14.6 Å². The van der Waals surface area contributed by atoms with E-state index >= 15 is 0 Å². The molecule has 6 nitrogen and oxygen atoms in total. The molecule has 0 spiro atoms. The van der Waals surface area contributed by atoms with Gasteiger partial charge in [0.2, 0.25) is 0 Å². The molecule has 2 saturated carbocycles. The van der Waals surface area contributed by atoms with E-state index in [4.69, 9.17) is 10.1 Å². The van der Waals surface area contributed by atoms with E-state index < -0.39 is 0 Å². The average molecular weight is 365 g/mol. The van der Waals surface area contributed by atoms with Crippen molar-refractivity contribution in [2.75, 3.05) is 5.32 Å². The second kappa shape index (κ2) is 7.06. The van der Waals surface area contributed by atoms with Gasteiger partial charge in [0.15, 0.2) is 0 Å². The summed E-state index contributed by atoms with van der Waals surface area (Å²) in [6, 6.07) is 4.44. The Kier molecular flexibility index (Phi) is 4.42. The summed E-state index contributed by atoms with van der Waals surface area (Å²) in [5.41, 5.74) is 2.38. The van der Waals surface area contributed by atoms with E-state index in [2.05, 4.69) is 10.3 Å². The van der Waals surface area contributed by atoms with Gasteiger partial charge in [0.1, 0.15) is 11.6 Å². The van der Waals surface area contributed by atoms with Gasteiger partial charge in [-0.05, 0) is 69.4 Å². The highest BCUT2D eigenvalue weighted by molar-refractivity contribution is 5.35. The third kappa shape index (κ3) is 3.37. The molecule has 2 heterocycles. The molecule has 1 N–H and O–H groups in total. The summed E-state index contributed by atoms with van der Waals surface area (Å²) in [7, 11) is 0. The van der Waals surface area contributed by atoms with Crippen molar-refractivity contribution in [3.8, 4) is 0 Å². The molecule has 3 aliphatic carbocycles. The molecule has 0 unspecified atom stereocenters. The Morgan fingerprint density at radius 1 is 1.04 bits per heavy atom. The summed E-state index contributed by atoms with van der Waals surface area (Å²) in [6.07, 6.45) is 12.8. The van der Waals surface area contributed by atoms with Crippen LogP contribution in [0.25, 0.3) is 0 Å². The molecular formula is C21H27N5O. The van der Waals surface area contributed by atoms with Gasteiger partial charge in [-0.1, -0.05) is 6.42 Å². The van der Waals surface area contributed by atoms with Gasteiger partial charge in [0, 0.05) is 24.2 Å². The fourth-order valence-electron chi connectivity index (χ4n) is 4.67. The zero-order valence-electron chi connectivity index (χ0n) is 15.7. The third-order valence-electron chi connectivity index (χ3n) is 6.52. The summed E-state index contributed by atoms with van der Waals surface area (Å²) in [6.45, 7) is 0. The molecule has 3 aliphatic rings. The van der Waals surface area contributed by atoms with Crippen molar-refractivity contribution in [2.45, 2.75) is 82.2 Å². The Labute approximate surface area is 159 Å². The summed E-state index contributed by atoms with van der Waals surface area (Å²) in [4.78, 5) is 21.6. The number of nitrogens with one attached hydrogen (secondary N) is 1. The van der Waals surface area contributed by atoms with E-state index in [1.165, 1.54) is 19.3 Å². The summed E-state index contributed by atoms with van der Waals surface area (Å²) >= 11 is 0. The van der Waals surface area contributed by atoms with Crippen LogP contribution in [0, 0.1) is 0 Å². The molecule has 27 heavy (non-hydrogen) atoms. The SMILES string of the molecule is O=c1cc2c(nn1C1CCC(Nc3ccnc(C4CCC4)n3)CC1)CCC2. The first-order valence-corrected chi connectivity index (χ1v) is 10.5. The van der Waals surface area contributed by atoms with Gasteiger partial charge in [-0.2, -0.15) is 5.10 Å². The monoisotopic (exact) mass is 365 g/mol. The Morgan fingerprint density at radius 2 is 1.89 bits per heavy atom. The lowest BCUT2D eigenvalue weighted by molar-refractivity contribution is 0.301. The van der Waals surface area contributed by atoms with E-state index in [0.29, 0.717) is 12.0 Å². The number of hydrogen-bond donors (Lipinski definition) is 1. The number of hydrogen-bond acceptors (Lipinski definition) is 5. The smallest absolute Gasteiger partial charge is 0.267 e. The van der Waals surface area contributed by atoms with E-state index in [0.717, 1.165) is 67.8 Å². The number of anilines is 1. The third-order valence-corrected chi connectivity index (χ3v) is 6.52. The predicted octanol–water partition coefficient (Wildman–Crippen LogP) is 3.39. The minimum atomic E-state index is 0.0769. The molecule has 2 aromatic heterocycles. The fourth-order valence-corrected chi connectivity index (χ4v) is 4.67. The predicted molar refractivity (Wildman–Crippen MR) is 104 cm³/mol. The minimum absolute atomic E-state index is 0.0769. The molecule has 0 aliphatic heterocycles. The van der Waals surface area contributed by atoms with Crippen molar-refractivity contribution >= 4 is 5.82 Å². The molecular weight excluding hydrogens is 338 g/mol. The number of nitrogens with zero attached hydrogens (tertiary/aromatic N) is 4. The highest BCUT2D eigenvalue weighted by atomic mass is 16.1. The van der Waals surface area contributed by atoms with Crippen molar-refractivity contribution in [1.29, 1.82) is 0 Å². The largest absolute Gasteiger partial charge is 0.367 e. The molecule has 0 aromatic carbocycles. The second-order valence-corrected chi connectivity index (χ2v) is 8.33. The van der Waals surface area contributed by atoms with Gasteiger partial charge in [0.05, 0.1) is 11.7 Å². The van der Waals surface area contributed by atoms with Crippen LogP contribution in [0.2, 0.25) is 0 Å². The molecule has 6 heteroatoms. The Balaban J connectivity index is 1.23. The van der Waals surface area contributed by atoms with Gasteiger partial charge in [-0.15, -0.1) is 0 Å². The molecule has 2 fully saturated rings. The van der Waals surface area contributed by atoms with E-state index in [-0.39, 0.29) is 11.6 Å². The topological polar surface area (TPSA) is 72.7 Å². The Hall–Kier alpha value is -2.24. The van der Waals surface area contributed by atoms with Gasteiger partial charge in [-0.3, -0.25) is 4.79 Å². The molecule has 0 bridgehead atoms. The van der Waals surface area contributed by atoms with Crippen LogP contribution in [0.15, 0.2) is 23.1 Å². The fraction of sp³-hybridized carbons (Fsp3) is 0.619. The van der Waals surface area contributed by atoms with Crippen LogP contribution in [0.1, 0.15) is 80.4 Å². The lowest BCUT2D eigenvalue weighted by Crippen LogP contribution is -2.34. The maximum Gasteiger partial charge on any atom is 0.267 e. The van der Waals surface area contributed by atoms with Crippen molar-refractivity contribution in [3.63, 3.8) is 0 Å². The highest BCUT2D eigenvalue weighted by Gasteiger charge is 2.26. The van der Waals surface area contributed by atoms with Crippen LogP contribution in [-0.2, 0) is 12.8 Å². The van der Waals surface area contributed by atoms with Gasteiger partial charge >= 0.3 is 0 Å². The average Bonchev–Trinajstić information content (AvgIpc) is 3.08. The lowest BCUT2D eigenvalue weighted by atomic mass is 9.85. The zero-order valence-corrected chi connectivity index (χ0v) is 15.7. The normalized spacial score (nSPS) is 25.0. The van der Waals surface area contributed by atoms with Crippen LogP contribution in [-0.4, -0.2) is 25.8 Å². The summed E-state index contributed by atoms with van der Waals surface area (Å²) in [5, 5.41) is 8.29. The number of rotatable bonds is 4. The molecule has 5 rings (SSSR count). The van der Waals surface area contributed by atoms with E-state index in [1.54, 1.807) is 4.68 Å². The number of fused-ring (bicyclic) bond motifs is 1. The second-order valence-electron chi connectivity index (χ2n) is 8.33. The maximum atomic E-state index is 12.5. The molecule has 0 saturated heterocycles. The van der Waals surface area contributed by atoms with Crippen LogP contribution in [0.4, 0.5) is 5.82 Å². The Morgan fingerprint density at radius 3 is 2.67 bits per heavy atom. The molecule has 0 radical (unpaired) electrons. The first-order valence-electron chi connectivity index (χ1n) is 10.5. The molecule has 0 atom stereocenters. The molecule has 2 aromatic rings. The number of aromatic nitrogens is 4. The minimum Gasteiger partial charge on any atom is -0.367 e.